The fraction of sp³-hybridized carbons (Fsp3) is 0.467. The molecule has 2 aliphatic heterocycles. The molecular formula is C15H19N5O2S. The number of aromatic nitrogens is 3. The number of nitrogens with two attached hydrogens (primary N) is 1. The summed E-state index contributed by atoms with van der Waals surface area (Å²) < 4.78 is 25.2. The summed E-state index contributed by atoms with van der Waals surface area (Å²) in [6.45, 7) is 2.54. The Hall–Kier alpha value is -1.93. The largest absolute Gasteiger partial charge is 0.363 e. The van der Waals surface area contributed by atoms with Crippen LogP contribution >= 0.6 is 0 Å². The van der Waals surface area contributed by atoms with Gasteiger partial charge in [-0.1, -0.05) is 0 Å². The standard InChI is InChI=1S/C15H19N5O2S/c16-23(21,22)12-4-5-13-11(9-12)6-8-19(13)10-15-18-17-14-3-1-2-7-20(14)15/h4-5,9H,1-3,6-8,10H2,(H2,16,21,22). The minimum atomic E-state index is -3.65. The number of hydrogen-bond acceptors (Lipinski definition) is 5. The Morgan fingerprint density at radius 2 is 2.00 bits per heavy atom. The molecular weight excluding hydrogens is 314 g/mol. The first kappa shape index (κ1) is 14.6. The van der Waals surface area contributed by atoms with Crippen molar-refractivity contribution in [3.8, 4) is 0 Å². The molecule has 0 unspecified atom stereocenters. The molecule has 0 spiro atoms. The molecule has 0 bridgehead atoms. The van der Waals surface area contributed by atoms with E-state index in [0.29, 0.717) is 6.54 Å². The number of benzene rings is 1. The highest BCUT2D eigenvalue weighted by molar-refractivity contribution is 7.89. The van der Waals surface area contributed by atoms with Gasteiger partial charge in [0.2, 0.25) is 10.0 Å². The molecule has 0 radical (unpaired) electrons. The van der Waals surface area contributed by atoms with Crippen LogP contribution in [-0.2, 0) is 36.0 Å². The van der Waals surface area contributed by atoms with Gasteiger partial charge in [0.15, 0.2) is 5.82 Å². The number of hydrogen-bond donors (Lipinski definition) is 1. The number of fused-ring (bicyclic) bond motifs is 2. The zero-order chi connectivity index (χ0) is 16.0. The first-order chi connectivity index (χ1) is 11.0. The maximum atomic E-state index is 11.5. The van der Waals surface area contributed by atoms with Gasteiger partial charge in [0, 0.05) is 25.2 Å². The van der Waals surface area contributed by atoms with E-state index < -0.39 is 10.0 Å². The quantitative estimate of drug-likeness (QED) is 0.897. The van der Waals surface area contributed by atoms with Gasteiger partial charge in [-0.15, -0.1) is 10.2 Å². The van der Waals surface area contributed by atoms with E-state index in [4.69, 9.17) is 5.14 Å². The van der Waals surface area contributed by atoms with Crippen molar-refractivity contribution in [3.63, 3.8) is 0 Å². The van der Waals surface area contributed by atoms with Gasteiger partial charge in [0.25, 0.3) is 0 Å². The third kappa shape index (κ3) is 2.61. The highest BCUT2D eigenvalue weighted by Crippen LogP contribution is 2.31. The van der Waals surface area contributed by atoms with Crippen molar-refractivity contribution < 1.29 is 8.42 Å². The summed E-state index contributed by atoms with van der Waals surface area (Å²) in [5.74, 6) is 2.07. The SMILES string of the molecule is NS(=O)(=O)c1ccc2c(c1)CCN2Cc1nnc2n1CCCC2. The molecule has 4 rings (SSSR count). The van der Waals surface area contributed by atoms with E-state index in [9.17, 15) is 8.42 Å². The van der Waals surface area contributed by atoms with Gasteiger partial charge in [-0.3, -0.25) is 0 Å². The van der Waals surface area contributed by atoms with Gasteiger partial charge >= 0.3 is 0 Å². The van der Waals surface area contributed by atoms with Gasteiger partial charge in [-0.2, -0.15) is 0 Å². The lowest BCUT2D eigenvalue weighted by Gasteiger charge is -2.21. The summed E-state index contributed by atoms with van der Waals surface area (Å²) in [5, 5.41) is 13.8. The third-order valence-electron chi connectivity index (χ3n) is 4.64. The molecule has 0 saturated carbocycles. The fourth-order valence-corrected chi connectivity index (χ4v) is 4.01. The van der Waals surface area contributed by atoms with Crippen LogP contribution in [0.3, 0.4) is 0 Å². The molecule has 23 heavy (non-hydrogen) atoms. The minimum absolute atomic E-state index is 0.179. The summed E-state index contributed by atoms with van der Waals surface area (Å²) in [7, 11) is -3.65. The van der Waals surface area contributed by atoms with E-state index in [1.165, 1.54) is 12.8 Å². The van der Waals surface area contributed by atoms with Crippen molar-refractivity contribution in [2.45, 2.75) is 43.7 Å². The highest BCUT2D eigenvalue weighted by atomic mass is 32.2. The van der Waals surface area contributed by atoms with E-state index in [0.717, 1.165) is 48.8 Å². The summed E-state index contributed by atoms with van der Waals surface area (Å²) in [4.78, 5) is 2.41. The predicted molar refractivity (Wildman–Crippen MR) is 85.5 cm³/mol. The van der Waals surface area contributed by atoms with Crippen LogP contribution in [0.5, 0.6) is 0 Å². The molecule has 8 heteroatoms. The van der Waals surface area contributed by atoms with Crippen LogP contribution < -0.4 is 10.0 Å². The molecule has 3 heterocycles. The van der Waals surface area contributed by atoms with Crippen molar-refractivity contribution in [2.24, 2.45) is 5.14 Å². The number of nitrogens with zero attached hydrogens (tertiary/aromatic N) is 4. The Morgan fingerprint density at radius 3 is 2.83 bits per heavy atom. The zero-order valence-corrected chi connectivity index (χ0v) is 13.6. The number of primary sulfonamides is 1. The van der Waals surface area contributed by atoms with Gasteiger partial charge in [-0.05, 0) is 43.0 Å². The second kappa shape index (κ2) is 5.31. The number of rotatable bonds is 3. The van der Waals surface area contributed by atoms with E-state index in [1.54, 1.807) is 12.1 Å². The van der Waals surface area contributed by atoms with Crippen molar-refractivity contribution in [3.05, 3.63) is 35.4 Å². The molecule has 1 aromatic heterocycles. The third-order valence-corrected chi connectivity index (χ3v) is 5.55. The Morgan fingerprint density at radius 1 is 1.13 bits per heavy atom. The maximum absolute atomic E-state index is 11.5. The highest BCUT2D eigenvalue weighted by Gasteiger charge is 2.24. The second-order valence-corrected chi connectivity index (χ2v) is 7.71. The summed E-state index contributed by atoms with van der Waals surface area (Å²) in [6.07, 6.45) is 4.17. The van der Waals surface area contributed by atoms with E-state index >= 15 is 0 Å². The molecule has 7 nitrogen and oxygen atoms in total. The molecule has 2 N–H and O–H groups in total. The van der Waals surface area contributed by atoms with Gasteiger partial charge in [0.05, 0.1) is 11.4 Å². The zero-order valence-electron chi connectivity index (χ0n) is 12.8. The van der Waals surface area contributed by atoms with E-state index in [2.05, 4.69) is 19.7 Å². The molecule has 0 amide bonds. The Labute approximate surface area is 135 Å². The lowest BCUT2D eigenvalue weighted by Crippen LogP contribution is -2.23. The Balaban J connectivity index is 1.61. The number of aryl methyl sites for hydroxylation is 1. The molecule has 122 valence electrons. The molecule has 0 aliphatic carbocycles. The lowest BCUT2D eigenvalue weighted by atomic mass is 10.1. The number of anilines is 1. The Bertz CT molecular complexity index is 859. The van der Waals surface area contributed by atoms with Gasteiger partial charge in [-0.25, -0.2) is 13.6 Å². The van der Waals surface area contributed by atoms with E-state index in [1.807, 2.05) is 6.07 Å². The van der Waals surface area contributed by atoms with Crippen LogP contribution in [0.2, 0.25) is 0 Å². The van der Waals surface area contributed by atoms with Crippen LogP contribution in [-0.4, -0.2) is 29.7 Å². The van der Waals surface area contributed by atoms with Crippen LogP contribution in [0.25, 0.3) is 0 Å². The maximum Gasteiger partial charge on any atom is 0.238 e. The van der Waals surface area contributed by atoms with Gasteiger partial charge in [0.1, 0.15) is 5.82 Å². The smallest absolute Gasteiger partial charge is 0.238 e. The monoisotopic (exact) mass is 333 g/mol. The fourth-order valence-electron chi connectivity index (χ4n) is 3.44. The average molecular weight is 333 g/mol. The Kier molecular flexibility index (Phi) is 3.38. The normalized spacial score (nSPS) is 17.2. The van der Waals surface area contributed by atoms with Crippen LogP contribution in [0, 0.1) is 0 Å². The van der Waals surface area contributed by atoms with Crippen molar-refractivity contribution in [1.29, 1.82) is 0 Å². The first-order valence-electron chi connectivity index (χ1n) is 7.84. The van der Waals surface area contributed by atoms with Crippen molar-refractivity contribution >= 4 is 15.7 Å². The lowest BCUT2D eigenvalue weighted by molar-refractivity contribution is 0.505. The second-order valence-electron chi connectivity index (χ2n) is 6.15. The van der Waals surface area contributed by atoms with Crippen LogP contribution in [0.15, 0.2) is 23.1 Å². The topological polar surface area (TPSA) is 94.1 Å². The molecule has 2 aliphatic rings. The van der Waals surface area contributed by atoms with E-state index in [-0.39, 0.29) is 4.90 Å². The van der Waals surface area contributed by atoms with Crippen molar-refractivity contribution in [1.82, 2.24) is 14.8 Å². The molecule has 0 saturated heterocycles. The minimum Gasteiger partial charge on any atom is -0.363 e. The van der Waals surface area contributed by atoms with Crippen molar-refractivity contribution in [2.75, 3.05) is 11.4 Å². The molecule has 2 aromatic rings. The summed E-state index contributed by atoms with van der Waals surface area (Å²) in [6, 6.07) is 5.10. The van der Waals surface area contributed by atoms with Crippen LogP contribution in [0.1, 0.15) is 30.1 Å². The summed E-state index contributed by atoms with van der Waals surface area (Å²) >= 11 is 0. The predicted octanol–water partition coefficient (Wildman–Crippen LogP) is 0.824. The molecule has 1 aromatic carbocycles. The molecule has 0 fully saturated rings. The summed E-state index contributed by atoms with van der Waals surface area (Å²) in [5.41, 5.74) is 2.08. The first-order valence-corrected chi connectivity index (χ1v) is 9.38. The van der Waals surface area contributed by atoms with Crippen LogP contribution in [0.4, 0.5) is 5.69 Å². The molecule has 0 atom stereocenters. The number of sulfonamides is 1. The van der Waals surface area contributed by atoms with Gasteiger partial charge < -0.3 is 9.47 Å². The average Bonchev–Trinajstić information content (AvgIpc) is 3.11.